The molecular weight excluding hydrogens is 344 g/mol. The Morgan fingerprint density at radius 1 is 1.36 bits per heavy atom. The molecule has 0 aliphatic carbocycles. The Labute approximate surface area is 148 Å². The first-order valence-electron chi connectivity index (χ1n) is 7.84. The van der Waals surface area contributed by atoms with Gasteiger partial charge in [-0.15, -0.1) is 5.10 Å². The van der Waals surface area contributed by atoms with Gasteiger partial charge in [-0.25, -0.2) is 4.68 Å². The van der Waals surface area contributed by atoms with Crippen molar-refractivity contribution in [3.8, 4) is 0 Å². The minimum absolute atomic E-state index is 0.142. The maximum atomic E-state index is 12.7. The van der Waals surface area contributed by atoms with Crippen molar-refractivity contribution < 1.29 is 9.32 Å². The number of nitrogens with zero attached hydrogens (tertiary/aromatic N) is 6. The van der Waals surface area contributed by atoms with Crippen LogP contribution < -0.4 is 0 Å². The standard InChI is InChI=1S/C16H15ClN6O2/c1-10-18-15(20-25-10)9-23-8-14(19-21-23)16(24)22-5-4-11-6-13(17)3-2-12(11)7-22/h2-3,6,8H,4-5,7,9H2,1H3. The Balaban J connectivity index is 1.47. The molecule has 0 spiro atoms. The number of rotatable bonds is 3. The van der Waals surface area contributed by atoms with Gasteiger partial charge in [0.25, 0.3) is 5.91 Å². The summed E-state index contributed by atoms with van der Waals surface area (Å²) < 4.78 is 6.44. The van der Waals surface area contributed by atoms with Crippen LogP contribution in [0.5, 0.6) is 0 Å². The molecular formula is C16H15ClN6O2. The molecule has 0 unspecified atom stereocenters. The van der Waals surface area contributed by atoms with Crippen molar-refractivity contribution >= 4 is 17.5 Å². The van der Waals surface area contributed by atoms with E-state index in [2.05, 4.69) is 20.5 Å². The lowest BCUT2D eigenvalue weighted by Crippen LogP contribution is -2.36. The summed E-state index contributed by atoms with van der Waals surface area (Å²) in [6, 6.07) is 5.77. The van der Waals surface area contributed by atoms with E-state index in [-0.39, 0.29) is 5.91 Å². The van der Waals surface area contributed by atoms with Crippen molar-refractivity contribution in [1.82, 2.24) is 30.0 Å². The number of aromatic nitrogens is 5. The summed E-state index contributed by atoms with van der Waals surface area (Å²) in [7, 11) is 0. The van der Waals surface area contributed by atoms with E-state index in [1.807, 2.05) is 18.2 Å². The first kappa shape index (κ1) is 15.8. The van der Waals surface area contributed by atoms with Gasteiger partial charge in [-0.3, -0.25) is 4.79 Å². The third-order valence-electron chi connectivity index (χ3n) is 4.10. The SMILES string of the molecule is Cc1nc(Cn2cc(C(=O)N3CCc4cc(Cl)ccc4C3)nn2)no1. The molecule has 1 amide bonds. The van der Waals surface area contributed by atoms with Crippen LogP contribution in [-0.2, 0) is 19.5 Å². The molecule has 1 aliphatic rings. The third-order valence-corrected chi connectivity index (χ3v) is 4.33. The molecule has 0 saturated carbocycles. The number of benzene rings is 1. The highest BCUT2D eigenvalue weighted by Crippen LogP contribution is 2.23. The van der Waals surface area contributed by atoms with Gasteiger partial charge in [0.05, 0.1) is 6.20 Å². The van der Waals surface area contributed by atoms with Crippen LogP contribution in [0, 0.1) is 6.92 Å². The number of aryl methyl sites for hydroxylation is 1. The Kier molecular flexibility index (Phi) is 3.96. The van der Waals surface area contributed by atoms with Gasteiger partial charge in [-0.1, -0.05) is 28.0 Å². The first-order chi connectivity index (χ1) is 12.1. The lowest BCUT2D eigenvalue weighted by Gasteiger charge is -2.28. The summed E-state index contributed by atoms with van der Waals surface area (Å²) in [4.78, 5) is 18.6. The van der Waals surface area contributed by atoms with Crippen molar-refractivity contribution in [2.45, 2.75) is 26.4 Å². The number of carbonyl (C=O) groups excluding carboxylic acids is 1. The van der Waals surface area contributed by atoms with Gasteiger partial charge in [-0.2, -0.15) is 4.98 Å². The van der Waals surface area contributed by atoms with E-state index in [0.717, 1.165) is 17.0 Å². The second-order valence-corrected chi connectivity index (χ2v) is 6.36. The number of halogens is 1. The van der Waals surface area contributed by atoms with Crippen molar-refractivity contribution in [2.75, 3.05) is 6.54 Å². The Morgan fingerprint density at radius 2 is 2.24 bits per heavy atom. The summed E-state index contributed by atoms with van der Waals surface area (Å²) in [5.74, 6) is 0.833. The van der Waals surface area contributed by atoms with Gasteiger partial charge in [0, 0.05) is 25.0 Å². The molecule has 8 nitrogen and oxygen atoms in total. The second kappa shape index (κ2) is 6.29. The van der Waals surface area contributed by atoms with Gasteiger partial charge < -0.3 is 9.42 Å². The zero-order valence-corrected chi connectivity index (χ0v) is 14.3. The maximum Gasteiger partial charge on any atom is 0.276 e. The monoisotopic (exact) mass is 358 g/mol. The van der Waals surface area contributed by atoms with Crippen LogP contribution >= 0.6 is 11.6 Å². The molecule has 3 heterocycles. The Bertz CT molecular complexity index is 934. The second-order valence-electron chi connectivity index (χ2n) is 5.92. The summed E-state index contributed by atoms with van der Waals surface area (Å²) in [5, 5.41) is 12.5. The zero-order chi connectivity index (χ0) is 17.4. The van der Waals surface area contributed by atoms with Crippen LogP contribution in [0.3, 0.4) is 0 Å². The summed E-state index contributed by atoms with van der Waals surface area (Å²) >= 11 is 6.02. The number of fused-ring (bicyclic) bond motifs is 1. The van der Waals surface area contributed by atoms with E-state index in [9.17, 15) is 4.79 Å². The van der Waals surface area contributed by atoms with E-state index < -0.39 is 0 Å². The molecule has 0 saturated heterocycles. The van der Waals surface area contributed by atoms with E-state index in [1.54, 1.807) is 18.0 Å². The molecule has 0 N–H and O–H groups in total. The fourth-order valence-electron chi connectivity index (χ4n) is 2.88. The largest absolute Gasteiger partial charge is 0.340 e. The number of carbonyl (C=O) groups is 1. The van der Waals surface area contributed by atoms with E-state index in [0.29, 0.717) is 37.0 Å². The van der Waals surface area contributed by atoms with Gasteiger partial charge in [0.2, 0.25) is 5.89 Å². The van der Waals surface area contributed by atoms with Crippen molar-refractivity contribution in [1.29, 1.82) is 0 Å². The van der Waals surface area contributed by atoms with Crippen LogP contribution in [0.15, 0.2) is 28.9 Å². The molecule has 128 valence electrons. The van der Waals surface area contributed by atoms with Crippen molar-refractivity contribution in [3.05, 3.63) is 58.0 Å². The average molecular weight is 359 g/mol. The summed E-state index contributed by atoms with van der Waals surface area (Å²) in [5.41, 5.74) is 2.60. The molecule has 1 aliphatic heterocycles. The van der Waals surface area contributed by atoms with Crippen LogP contribution in [0.2, 0.25) is 5.02 Å². The molecule has 25 heavy (non-hydrogen) atoms. The van der Waals surface area contributed by atoms with E-state index in [4.69, 9.17) is 16.1 Å². The fourth-order valence-corrected chi connectivity index (χ4v) is 3.08. The first-order valence-corrected chi connectivity index (χ1v) is 8.22. The van der Waals surface area contributed by atoms with E-state index >= 15 is 0 Å². The topological polar surface area (TPSA) is 89.9 Å². The molecule has 4 rings (SSSR count). The quantitative estimate of drug-likeness (QED) is 0.710. The minimum Gasteiger partial charge on any atom is -0.340 e. The highest BCUT2D eigenvalue weighted by Gasteiger charge is 2.24. The number of amides is 1. The number of hydrogen-bond acceptors (Lipinski definition) is 6. The van der Waals surface area contributed by atoms with Crippen LogP contribution in [0.25, 0.3) is 0 Å². The lowest BCUT2D eigenvalue weighted by atomic mass is 10.00. The normalized spacial score (nSPS) is 13.8. The van der Waals surface area contributed by atoms with Crippen LogP contribution in [0.4, 0.5) is 0 Å². The summed E-state index contributed by atoms with van der Waals surface area (Å²) in [6.07, 6.45) is 2.38. The molecule has 3 aromatic rings. The van der Waals surface area contributed by atoms with Crippen LogP contribution in [0.1, 0.15) is 33.3 Å². The third kappa shape index (κ3) is 3.25. The maximum absolute atomic E-state index is 12.7. The van der Waals surface area contributed by atoms with Gasteiger partial charge in [0.1, 0.15) is 6.54 Å². The van der Waals surface area contributed by atoms with Crippen LogP contribution in [-0.4, -0.2) is 42.5 Å². The smallest absolute Gasteiger partial charge is 0.276 e. The summed E-state index contributed by atoms with van der Waals surface area (Å²) in [6.45, 7) is 3.19. The Hall–Kier alpha value is -2.74. The average Bonchev–Trinajstić information content (AvgIpc) is 3.23. The highest BCUT2D eigenvalue weighted by molar-refractivity contribution is 6.30. The van der Waals surface area contributed by atoms with Crippen molar-refractivity contribution in [2.24, 2.45) is 0 Å². The predicted molar refractivity (Wildman–Crippen MR) is 88.1 cm³/mol. The lowest BCUT2D eigenvalue weighted by molar-refractivity contribution is 0.0728. The Morgan fingerprint density at radius 3 is 3.04 bits per heavy atom. The zero-order valence-electron chi connectivity index (χ0n) is 13.5. The molecule has 1 aromatic carbocycles. The molecule has 0 fully saturated rings. The number of hydrogen-bond donors (Lipinski definition) is 0. The highest BCUT2D eigenvalue weighted by atomic mass is 35.5. The van der Waals surface area contributed by atoms with Gasteiger partial charge >= 0.3 is 0 Å². The molecule has 0 atom stereocenters. The molecule has 9 heteroatoms. The fraction of sp³-hybridized carbons (Fsp3) is 0.312. The molecule has 0 radical (unpaired) electrons. The minimum atomic E-state index is -0.142. The molecule has 2 aromatic heterocycles. The van der Waals surface area contributed by atoms with Gasteiger partial charge in [0.15, 0.2) is 11.5 Å². The molecule has 0 bridgehead atoms. The predicted octanol–water partition coefficient (Wildman–Crippen LogP) is 1.87. The van der Waals surface area contributed by atoms with Gasteiger partial charge in [-0.05, 0) is 29.7 Å². The van der Waals surface area contributed by atoms with Crippen molar-refractivity contribution in [3.63, 3.8) is 0 Å². The van der Waals surface area contributed by atoms with E-state index in [1.165, 1.54) is 10.2 Å².